The largest absolute Gasteiger partial charge is 0.497 e. The Hall–Kier alpha value is -1.88. The molecule has 0 saturated carbocycles. The van der Waals surface area contributed by atoms with Gasteiger partial charge >= 0.3 is 0 Å². The fourth-order valence-electron chi connectivity index (χ4n) is 2.40. The summed E-state index contributed by atoms with van der Waals surface area (Å²) in [5.74, 6) is 2.37. The molecule has 0 amide bonds. The lowest BCUT2D eigenvalue weighted by Crippen LogP contribution is -2.24. The molecule has 0 aliphatic carbocycles. The quantitative estimate of drug-likeness (QED) is 0.908. The predicted molar refractivity (Wildman–Crippen MR) is 85.5 cm³/mol. The molecule has 1 atom stereocenters. The number of rotatable bonds is 3. The maximum atomic E-state index is 6.08. The van der Waals surface area contributed by atoms with Gasteiger partial charge in [0.1, 0.15) is 23.4 Å². The molecule has 0 saturated heterocycles. The van der Waals surface area contributed by atoms with E-state index in [-0.39, 0.29) is 6.10 Å². The molecule has 1 aliphatic heterocycles. The molecule has 1 unspecified atom stereocenters. The van der Waals surface area contributed by atoms with Crippen molar-refractivity contribution < 1.29 is 14.2 Å². The second-order valence-electron chi connectivity index (χ2n) is 4.74. The van der Waals surface area contributed by atoms with Crippen molar-refractivity contribution in [3.63, 3.8) is 0 Å². The SMILES string of the molecule is COc1ccc(C2CNc3cc(Br)ccc3O2)c(OC)c1. The van der Waals surface area contributed by atoms with E-state index < -0.39 is 0 Å². The van der Waals surface area contributed by atoms with E-state index in [1.165, 1.54) is 0 Å². The van der Waals surface area contributed by atoms with Crippen LogP contribution in [-0.2, 0) is 0 Å². The molecule has 3 rings (SSSR count). The summed E-state index contributed by atoms with van der Waals surface area (Å²) in [7, 11) is 3.29. The van der Waals surface area contributed by atoms with E-state index >= 15 is 0 Å². The number of methoxy groups -OCH3 is 2. The van der Waals surface area contributed by atoms with E-state index in [1.807, 2.05) is 36.4 Å². The van der Waals surface area contributed by atoms with E-state index in [2.05, 4.69) is 21.2 Å². The average Bonchev–Trinajstić information content (AvgIpc) is 2.53. The first-order valence-corrected chi connectivity index (χ1v) is 7.42. The lowest BCUT2D eigenvalue weighted by molar-refractivity contribution is 0.205. The minimum atomic E-state index is -0.0977. The lowest BCUT2D eigenvalue weighted by atomic mass is 10.1. The summed E-state index contributed by atoms with van der Waals surface area (Å²) in [6.07, 6.45) is -0.0977. The van der Waals surface area contributed by atoms with Gasteiger partial charge in [-0.25, -0.2) is 0 Å². The van der Waals surface area contributed by atoms with Crippen molar-refractivity contribution in [2.75, 3.05) is 26.1 Å². The molecule has 1 aliphatic rings. The molecule has 2 aromatic carbocycles. The number of ether oxygens (including phenoxy) is 3. The van der Waals surface area contributed by atoms with Crippen LogP contribution in [0.3, 0.4) is 0 Å². The van der Waals surface area contributed by atoms with Gasteiger partial charge in [0.05, 0.1) is 26.5 Å². The van der Waals surface area contributed by atoms with Gasteiger partial charge in [-0.3, -0.25) is 0 Å². The zero-order valence-electron chi connectivity index (χ0n) is 11.9. The van der Waals surface area contributed by atoms with Crippen LogP contribution in [0.2, 0.25) is 0 Å². The third-order valence-electron chi connectivity index (χ3n) is 3.48. The molecule has 1 heterocycles. The number of hydrogen-bond acceptors (Lipinski definition) is 4. The van der Waals surface area contributed by atoms with Crippen molar-refractivity contribution in [1.82, 2.24) is 0 Å². The van der Waals surface area contributed by atoms with Gasteiger partial charge < -0.3 is 19.5 Å². The third-order valence-corrected chi connectivity index (χ3v) is 3.97. The molecule has 0 spiro atoms. The van der Waals surface area contributed by atoms with Crippen LogP contribution < -0.4 is 19.5 Å². The first kappa shape index (κ1) is 14.1. The number of nitrogens with one attached hydrogen (secondary N) is 1. The van der Waals surface area contributed by atoms with Gasteiger partial charge in [-0.15, -0.1) is 0 Å². The molecule has 21 heavy (non-hydrogen) atoms. The van der Waals surface area contributed by atoms with Gasteiger partial charge in [0.15, 0.2) is 0 Å². The summed E-state index contributed by atoms with van der Waals surface area (Å²) in [5.41, 5.74) is 1.99. The van der Waals surface area contributed by atoms with Crippen molar-refractivity contribution in [2.45, 2.75) is 6.10 Å². The maximum Gasteiger partial charge on any atom is 0.145 e. The van der Waals surface area contributed by atoms with Crippen LogP contribution in [0.25, 0.3) is 0 Å². The Bertz CT molecular complexity index is 660. The Morgan fingerprint density at radius 3 is 2.76 bits per heavy atom. The maximum absolute atomic E-state index is 6.08. The fraction of sp³-hybridized carbons (Fsp3) is 0.250. The highest BCUT2D eigenvalue weighted by Crippen LogP contribution is 2.39. The van der Waals surface area contributed by atoms with Crippen LogP contribution >= 0.6 is 15.9 Å². The Kier molecular flexibility index (Phi) is 3.92. The molecule has 1 N–H and O–H groups in total. The average molecular weight is 350 g/mol. The number of fused-ring (bicyclic) bond motifs is 1. The van der Waals surface area contributed by atoms with Crippen molar-refractivity contribution in [1.29, 1.82) is 0 Å². The highest BCUT2D eigenvalue weighted by molar-refractivity contribution is 9.10. The zero-order chi connectivity index (χ0) is 14.8. The van der Waals surface area contributed by atoms with Crippen LogP contribution in [0.5, 0.6) is 17.2 Å². The lowest BCUT2D eigenvalue weighted by Gasteiger charge is -2.28. The van der Waals surface area contributed by atoms with E-state index in [0.717, 1.165) is 33.0 Å². The molecule has 0 fully saturated rings. The van der Waals surface area contributed by atoms with E-state index in [0.29, 0.717) is 6.54 Å². The Balaban J connectivity index is 1.90. The highest BCUT2D eigenvalue weighted by atomic mass is 79.9. The van der Waals surface area contributed by atoms with Crippen LogP contribution in [0.15, 0.2) is 40.9 Å². The van der Waals surface area contributed by atoms with E-state index in [4.69, 9.17) is 14.2 Å². The summed E-state index contributed by atoms with van der Waals surface area (Å²) in [4.78, 5) is 0. The fourth-order valence-corrected chi connectivity index (χ4v) is 2.76. The number of benzene rings is 2. The van der Waals surface area contributed by atoms with Crippen LogP contribution in [0.1, 0.15) is 11.7 Å². The molecule has 0 radical (unpaired) electrons. The summed E-state index contributed by atoms with van der Waals surface area (Å²) in [6.45, 7) is 0.687. The van der Waals surface area contributed by atoms with Crippen molar-refractivity contribution >= 4 is 21.6 Å². The molecular weight excluding hydrogens is 334 g/mol. The molecule has 4 nitrogen and oxygen atoms in total. The summed E-state index contributed by atoms with van der Waals surface area (Å²) >= 11 is 3.46. The normalized spacial score (nSPS) is 16.4. The smallest absolute Gasteiger partial charge is 0.145 e. The van der Waals surface area contributed by atoms with Crippen molar-refractivity contribution in [3.05, 3.63) is 46.4 Å². The number of halogens is 1. The number of hydrogen-bond donors (Lipinski definition) is 1. The third kappa shape index (κ3) is 2.78. The monoisotopic (exact) mass is 349 g/mol. The number of anilines is 1. The Morgan fingerprint density at radius 2 is 2.00 bits per heavy atom. The van der Waals surface area contributed by atoms with E-state index in [1.54, 1.807) is 14.2 Å². The summed E-state index contributed by atoms with van der Waals surface area (Å²) in [6, 6.07) is 11.7. The van der Waals surface area contributed by atoms with Crippen LogP contribution in [0.4, 0.5) is 5.69 Å². The van der Waals surface area contributed by atoms with Gasteiger partial charge in [0.25, 0.3) is 0 Å². The van der Waals surface area contributed by atoms with Crippen molar-refractivity contribution in [2.24, 2.45) is 0 Å². The Labute approximate surface area is 132 Å². The Morgan fingerprint density at radius 1 is 1.14 bits per heavy atom. The summed E-state index contributed by atoms with van der Waals surface area (Å²) < 4.78 is 17.8. The van der Waals surface area contributed by atoms with Gasteiger partial charge in [-0.1, -0.05) is 15.9 Å². The zero-order valence-corrected chi connectivity index (χ0v) is 13.4. The topological polar surface area (TPSA) is 39.7 Å². The minimum absolute atomic E-state index is 0.0977. The van der Waals surface area contributed by atoms with Gasteiger partial charge in [0, 0.05) is 16.1 Å². The van der Waals surface area contributed by atoms with Crippen LogP contribution in [-0.4, -0.2) is 20.8 Å². The molecule has 5 heteroatoms. The molecule has 2 aromatic rings. The highest BCUT2D eigenvalue weighted by Gasteiger charge is 2.24. The second kappa shape index (κ2) is 5.85. The first-order chi connectivity index (χ1) is 10.2. The standard InChI is InChI=1S/C16H16BrNO3/c1-19-11-4-5-12(15(8-11)20-2)16-9-18-13-7-10(17)3-6-14(13)21-16/h3-8,16,18H,9H2,1-2H3. The molecule has 0 aromatic heterocycles. The van der Waals surface area contributed by atoms with Gasteiger partial charge in [-0.2, -0.15) is 0 Å². The predicted octanol–water partition coefficient (Wildman–Crippen LogP) is 4.01. The van der Waals surface area contributed by atoms with Gasteiger partial charge in [0.2, 0.25) is 0 Å². The van der Waals surface area contributed by atoms with E-state index in [9.17, 15) is 0 Å². The first-order valence-electron chi connectivity index (χ1n) is 6.63. The molecule has 0 bridgehead atoms. The van der Waals surface area contributed by atoms with Gasteiger partial charge in [-0.05, 0) is 30.3 Å². The minimum Gasteiger partial charge on any atom is -0.497 e. The molecule has 110 valence electrons. The second-order valence-corrected chi connectivity index (χ2v) is 5.65. The van der Waals surface area contributed by atoms with Crippen molar-refractivity contribution in [3.8, 4) is 17.2 Å². The molecular formula is C16H16BrNO3. The van der Waals surface area contributed by atoms with Crippen LogP contribution in [0, 0.1) is 0 Å². The summed E-state index contributed by atoms with van der Waals surface area (Å²) in [5, 5.41) is 3.39.